The number of carbonyl (C=O) groups excluding carboxylic acids is 2. The van der Waals surface area contributed by atoms with Crippen molar-refractivity contribution in [1.29, 1.82) is 0 Å². The van der Waals surface area contributed by atoms with Crippen LogP contribution >= 0.6 is 15.9 Å². The number of benzene rings is 2. The fourth-order valence-corrected chi connectivity index (χ4v) is 2.47. The van der Waals surface area contributed by atoms with E-state index in [1.54, 1.807) is 18.3 Å². The molecule has 0 saturated heterocycles. The van der Waals surface area contributed by atoms with Gasteiger partial charge in [-0.25, -0.2) is 5.43 Å². The summed E-state index contributed by atoms with van der Waals surface area (Å²) in [5.41, 5.74) is 5.10. The topological polar surface area (TPSA) is 70.6 Å². The molecule has 0 aliphatic rings. The number of hydrazone groups is 1. The van der Waals surface area contributed by atoms with Gasteiger partial charge < -0.3 is 5.32 Å². The Morgan fingerprint density at radius 2 is 1.76 bits per heavy atom. The van der Waals surface area contributed by atoms with Gasteiger partial charge in [0.2, 0.25) is 11.8 Å². The molecule has 0 aromatic heterocycles. The number of nitrogens with zero attached hydrogens (tertiary/aromatic N) is 1. The third kappa shape index (κ3) is 6.15. The summed E-state index contributed by atoms with van der Waals surface area (Å²) in [6.07, 6.45) is 1.25. The minimum atomic E-state index is -0.473. The number of para-hydroxylation sites is 1. The first-order valence-corrected chi connectivity index (χ1v) is 8.71. The van der Waals surface area contributed by atoms with Crippen LogP contribution < -0.4 is 10.7 Å². The number of hydrogen-bond acceptors (Lipinski definition) is 3. The van der Waals surface area contributed by atoms with Crippen molar-refractivity contribution in [3.63, 3.8) is 0 Å². The van der Waals surface area contributed by atoms with Gasteiger partial charge in [0, 0.05) is 4.47 Å². The van der Waals surface area contributed by atoms with E-state index in [1.165, 1.54) is 5.56 Å². The summed E-state index contributed by atoms with van der Waals surface area (Å²) in [4.78, 5) is 23.6. The first-order valence-electron chi connectivity index (χ1n) is 7.92. The molecule has 0 spiro atoms. The van der Waals surface area contributed by atoms with Crippen LogP contribution in [-0.4, -0.2) is 18.0 Å². The molecule has 0 bridgehead atoms. The van der Waals surface area contributed by atoms with E-state index in [0.717, 1.165) is 10.0 Å². The van der Waals surface area contributed by atoms with E-state index >= 15 is 0 Å². The molecular weight excluding hydrogens is 382 g/mol. The molecule has 0 aliphatic heterocycles. The summed E-state index contributed by atoms with van der Waals surface area (Å²) in [6.45, 7) is 4.25. The number of hydrogen-bond donors (Lipinski definition) is 2. The maximum atomic E-state index is 11.9. The van der Waals surface area contributed by atoms with Crippen molar-refractivity contribution in [2.75, 3.05) is 5.32 Å². The summed E-state index contributed by atoms with van der Waals surface area (Å²) in [5.74, 6) is -0.408. The van der Waals surface area contributed by atoms with Crippen LogP contribution in [0.25, 0.3) is 0 Å². The monoisotopic (exact) mass is 401 g/mol. The molecule has 2 amide bonds. The Balaban J connectivity index is 1.81. The van der Waals surface area contributed by atoms with E-state index in [9.17, 15) is 9.59 Å². The molecule has 0 unspecified atom stereocenters. The highest BCUT2D eigenvalue weighted by Crippen LogP contribution is 2.21. The van der Waals surface area contributed by atoms with Gasteiger partial charge in [0.1, 0.15) is 6.42 Å². The number of anilines is 1. The Morgan fingerprint density at radius 3 is 2.40 bits per heavy atom. The first-order chi connectivity index (χ1) is 12.0. The number of halogens is 1. The second kappa shape index (κ2) is 9.13. The van der Waals surface area contributed by atoms with Crippen molar-refractivity contribution >= 4 is 39.6 Å². The molecule has 0 aliphatic carbocycles. The van der Waals surface area contributed by atoms with Crippen molar-refractivity contribution in [2.45, 2.75) is 26.2 Å². The maximum absolute atomic E-state index is 11.9. The lowest BCUT2D eigenvalue weighted by Crippen LogP contribution is -2.24. The van der Waals surface area contributed by atoms with E-state index in [1.807, 2.05) is 36.4 Å². The minimum absolute atomic E-state index is 0.301. The predicted molar refractivity (Wildman–Crippen MR) is 104 cm³/mol. The van der Waals surface area contributed by atoms with Crippen LogP contribution in [0.1, 0.15) is 37.3 Å². The van der Waals surface area contributed by atoms with Crippen molar-refractivity contribution < 1.29 is 9.59 Å². The van der Waals surface area contributed by atoms with Gasteiger partial charge in [-0.05, 0) is 45.1 Å². The molecule has 5 nitrogen and oxygen atoms in total. The molecule has 6 heteroatoms. The predicted octanol–water partition coefficient (Wildman–Crippen LogP) is 4.05. The van der Waals surface area contributed by atoms with E-state index in [2.05, 4.69) is 45.6 Å². The van der Waals surface area contributed by atoms with Crippen molar-refractivity contribution in [1.82, 2.24) is 5.43 Å². The third-order valence-electron chi connectivity index (χ3n) is 3.48. The summed E-state index contributed by atoms with van der Waals surface area (Å²) in [6, 6.07) is 15.1. The third-order valence-corrected chi connectivity index (χ3v) is 4.17. The lowest BCUT2D eigenvalue weighted by molar-refractivity contribution is -0.126. The van der Waals surface area contributed by atoms with E-state index in [-0.39, 0.29) is 6.42 Å². The van der Waals surface area contributed by atoms with Crippen molar-refractivity contribution in [2.24, 2.45) is 5.10 Å². The SMILES string of the molecule is CC(C)c1ccc(C=NNC(=O)CC(=O)Nc2ccccc2Br)cc1. The Morgan fingerprint density at radius 1 is 1.08 bits per heavy atom. The van der Waals surface area contributed by atoms with Crippen LogP contribution in [0, 0.1) is 0 Å². The largest absolute Gasteiger partial charge is 0.325 e. The maximum Gasteiger partial charge on any atom is 0.249 e. The standard InChI is InChI=1S/C19H20BrN3O2/c1-13(2)15-9-7-14(8-10-15)12-21-23-19(25)11-18(24)22-17-6-4-3-5-16(17)20/h3-10,12-13H,11H2,1-2H3,(H,22,24)(H,23,25). The molecule has 2 rings (SSSR count). The second-order valence-corrected chi connectivity index (χ2v) is 6.67. The van der Waals surface area contributed by atoms with Crippen LogP contribution in [0.15, 0.2) is 58.1 Å². The van der Waals surface area contributed by atoms with E-state index in [0.29, 0.717) is 11.6 Å². The quantitative estimate of drug-likeness (QED) is 0.435. The molecule has 0 atom stereocenters. The zero-order valence-electron chi connectivity index (χ0n) is 14.1. The smallest absolute Gasteiger partial charge is 0.249 e. The number of rotatable bonds is 6. The summed E-state index contributed by atoms with van der Waals surface area (Å²) in [5, 5.41) is 6.55. The van der Waals surface area contributed by atoms with Crippen LogP contribution in [0.3, 0.4) is 0 Å². The molecule has 2 N–H and O–H groups in total. The van der Waals surface area contributed by atoms with E-state index in [4.69, 9.17) is 0 Å². The van der Waals surface area contributed by atoms with Gasteiger partial charge in [-0.3, -0.25) is 9.59 Å². The molecule has 2 aromatic carbocycles. The normalized spacial score (nSPS) is 10.9. The summed E-state index contributed by atoms with van der Waals surface area (Å²) < 4.78 is 0.756. The van der Waals surface area contributed by atoms with Gasteiger partial charge in [-0.15, -0.1) is 0 Å². The van der Waals surface area contributed by atoms with Crippen LogP contribution in [0.4, 0.5) is 5.69 Å². The van der Waals surface area contributed by atoms with E-state index < -0.39 is 11.8 Å². The van der Waals surface area contributed by atoms with Crippen LogP contribution in [0.5, 0.6) is 0 Å². The molecular formula is C19H20BrN3O2. The van der Waals surface area contributed by atoms with Gasteiger partial charge in [0.05, 0.1) is 11.9 Å². The van der Waals surface area contributed by atoms with Gasteiger partial charge in [-0.1, -0.05) is 50.2 Å². The second-order valence-electron chi connectivity index (χ2n) is 5.82. The summed E-state index contributed by atoms with van der Waals surface area (Å²) in [7, 11) is 0. The fourth-order valence-electron chi connectivity index (χ4n) is 2.09. The molecule has 25 heavy (non-hydrogen) atoms. The number of nitrogens with one attached hydrogen (secondary N) is 2. The fraction of sp³-hybridized carbons (Fsp3) is 0.211. The van der Waals surface area contributed by atoms with Gasteiger partial charge >= 0.3 is 0 Å². The highest BCUT2D eigenvalue weighted by molar-refractivity contribution is 9.10. The lowest BCUT2D eigenvalue weighted by atomic mass is 10.0. The van der Waals surface area contributed by atoms with Crippen LogP contribution in [0.2, 0.25) is 0 Å². The first kappa shape index (κ1) is 18.9. The van der Waals surface area contributed by atoms with Crippen molar-refractivity contribution in [3.8, 4) is 0 Å². The average Bonchev–Trinajstić information content (AvgIpc) is 2.57. The molecule has 2 aromatic rings. The summed E-state index contributed by atoms with van der Waals surface area (Å²) >= 11 is 3.33. The Kier molecular flexibility index (Phi) is 6.89. The molecule has 0 saturated carbocycles. The van der Waals surface area contributed by atoms with Gasteiger partial charge in [-0.2, -0.15) is 5.10 Å². The lowest BCUT2D eigenvalue weighted by Gasteiger charge is -2.06. The van der Waals surface area contributed by atoms with Gasteiger partial charge in [0.25, 0.3) is 0 Å². The molecule has 0 heterocycles. The van der Waals surface area contributed by atoms with Gasteiger partial charge in [0.15, 0.2) is 0 Å². The van der Waals surface area contributed by atoms with Crippen LogP contribution in [-0.2, 0) is 9.59 Å². The zero-order valence-corrected chi connectivity index (χ0v) is 15.7. The van der Waals surface area contributed by atoms with Crippen molar-refractivity contribution in [3.05, 3.63) is 64.1 Å². The highest BCUT2D eigenvalue weighted by atomic mass is 79.9. The zero-order chi connectivity index (χ0) is 18.2. The minimum Gasteiger partial charge on any atom is -0.325 e. The Bertz CT molecular complexity index is 770. The molecule has 0 fully saturated rings. The molecule has 0 radical (unpaired) electrons. The molecule has 130 valence electrons. The Labute approximate surface area is 155 Å². The average molecular weight is 402 g/mol. The Hall–Kier alpha value is -2.47. The highest BCUT2D eigenvalue weighted by Gasteiger charge is 2.10. The number of carbonyl (C=O) groups is 2. The number of amides is 2.